The molecule has 0 saturated heterocycles. The molecule has 14 heteroatoms. The Hall–Kier alpha value is -2.57. The first-order valence-electron chi connectivity index (χ1n) is 6.68. The number of nitrogens with zero attached hydrogens (tertiary/aromatic N) is 3. The number of alkyl halides is 6. The van der Waals surface area contributed by atoms with Gasteiger partial charge in [0.05, 0.1) is 0 Å². The molecule has 0 unspecified atom stereocenters. The molecule has 0 aliphatic rings. The molecule has 2 rings (SSSR count). The van der Waals surface area contributed by atoms with E-state index in [1.54, 1.807) is 0 Å². The second-order valence-electron chi connectivity index (χ2n) is 5.00. The summed E-state index contributed by atoms with van der Waals surface area (Å²) in [6, 6.07) is 0.190. The largest absolute Gasteiger partial charge is 0.431 e. The molecule has 0 saturated carbocycles. The number of hydrogen-bond acceptors (Lipinski definition) is 4. The standard InChI is InChI=1S/C13H7ClF7N3O3/c1-23-7(13(19,20)21)3-8(25)24(11(23)26)10-5(16)2-6(9(14)22-10)27-12(17,18)4-15/h2-3H,4H2,1H3. The van der Waals surface area contributed by atoms with Gasteiger partial charge in [0.2, 0.25) is 0 Å². The molecule has 2 aromatic rings. The Bertz CT molecular complexity index is 1000. The summed E-state index contributed by atoms with van der Waals surface area (Å²) < 4.78 is 94.2. The van der Waals surface area contributed by atoms with Crippen LogP contribution < -0.4 is 16.0 Å². The number of ether oxygens (including phenoxy) is 1. The highest BCUT2D eigenvalue weighted by Crippen LogP contribution is 2.31. The van der Waals surface area contributed by atoms with Crippen molar-refractivity contribution >= 4 is 11.6 Å². The molecule has 148 valence electrons. The molecule has 0 amide bonds. The van der Waals surface area contributed by atoms with E-state index < -0.39 is 58.4 Å². The number of aromatic nitrogens is 3. The maximum atomic E-state index is 14.2. The van der Waals surface area contributed by atoms with Crippen molar-refractivity contribution < 1.29 is 35.5 Å². The van der Waals surface area contributed by atoms with Gasteiger partial charge in [-0.15, -0.1) is 0 Å². The average molecular weight is 422 g/mol. The molecule has 2 heterocycles. The minimum Gasteiger partial charge on any atom is -0.427 e. The van der Waals surface area contributed by atoms with E-state index in [9.17, 15) is 40.3 Å². The number of rotatable bonds is 4. The van der Waals surface area contributed by atoms with Crippen molar-refractivity contribution in [3.05, 3.63) is 49.6 Å². The quantitative estimate of drug-likeness (QED) is 0.562. The van der Waals surface area contributed by atoms with Gasteiger partial charge in [-0.05, 0) is 0 Å². The van der Waals surface area contributed by atoms with Crippen LogP contribution in [0.1, 0.15) is 5.69 Å². The van der Waals surface area contributed by atoms with Gasteiger partial charge < -0.3 is 4.74 Å². The van der Waals surface area contributed by atoms with Crippen molar-refractivity contribution in [2.24, 2.45) is 7.05 Å². The van der Waals surface area contributed by atoms with Crippen LogP contribution in [0, 0.1) is 5.82 Å². The molecular weight excluding hydrogens is 415 g/mol. The van der Waals surface area contributed by atoms with Crippen molar-refractivity contribution in [1.82, 2.24) is 14.1 Å². The lowest BCUT2D eigenvalue weighted by Crippen LogP contribution is -2.41. The van der Waals surface area contributed by atoms with E-state index in [1.807, 2.05) is 0 Å². The van der Waals surface area contributed by atoms with Crippen LogP contribution in [0.2, 0.25) is 5.15 Å². The molecule has 0 aliphatic heterocycles. The lowest BCUT2D eigenvalue weighted by atomic mass is 10.3. The smallest absolute Gasteiger partial charge is 0.427 e. The Balaban J connectivity index is 2.67. The maximum Gasteiger partial charge on any atom is 0.431 e. The molecule has 0 aliphatic carbocycles. The molecular formula is C13H7ClF7N3O3. The molecule has 0 radical (unpaired) electrons. The fourth-order valence-electron chi connectivity index (χ4n) is 1.95. The van der Waals surface area contributed by atoms with Gasteiger partial charge in [-0.1, -0.05) is 11.6 Å². The molecule has 6 nitrogen and oxygen atoms in total. The predicted octanol–water partition coefficient (Wildman–Crippen LogP) is 2.68. The summed E-state index contributed by atoms with van der Waals surface area (Å²) in [6.45, 7) is -2.27. The summed E-state index contributed by atoms with van der Waals surface area (Å²) >= 11 is 5.50. The van der Waals surface area contributed by atoms with Gasteiger partial charge in [0.1, 0.15) is 5.69 Å². The van der Waals surface area contributed by atoms with Crippen LogP contribution in [0.15, 0.2) is 21.7 Å². The fourth-order valence-corrected chi connectivity index (χ4v) is 2.12. The first-order chi connectivity index (χ1) is 12.3. The molecule has 0 fully saturated rings. The molecule has 2 aromatic heterocycles. The Labute approximate surface area is 149 Å². The minimum atomic E-state index is -5.05. The van der Waals surface area contributed by atoms with Crippen LogP contribution in [-0.2, 0) is 13.2 Å². The Morgan fingerprint density at radius 1 is 1.19 bits per heavy atom. The van der Waals surface area contributed by atoms with Crippen LogP contribution in [0.5, 0.6) is 5.75 Å². The topological polar surface area (TPSA) is 66.1 Å². The summed E-state index contributed by atoms with van der Waals surface area (Å²) in [5.41, 5.74) is -4.83. The molecule has 27 heavy (non-hydrogen) atoms. The zero-order chi connectivity index (χ0) is 20.7. The van der Waals surface area contributed by atoms with E-state index in [0.29, 0.717) is 7.05 Å². The van der Waals surface area contributed by atoms with Crippen molar-refractivity contribution in [1.29, 1.82) is 0 Å². The molecule has 0 N–H and O–H groups in total. The van der Waals surface area contributed by atoms with Crippen LogP contribution in [-0.4, -0.2) is 26.9 Å². The number of hydrogen-bond donors (Lipinski definition) is 0. The van der Waals surface area contributed by atoms with Crippen LogP contribution in [0.3, 0.4) is 0 Å². The molecule has 0 atom stereocenters. The van der Waals surface area contributed by atoms with E-state index in [2.05, 4.69) is 9.72 Å². The van der Waals surface area contributed by atoms with Gasteiger partial charge in [-0.25, -0.2) is 23.1 Å². The zero-order valence-corrected chi connectivity index (χ0v) is 13.7. The third-order valence-corrected chi connectivity index (χ3v) is 3.39. The molecule has 0 aromatic carbocycles. The number of halogens is 8. The highest BCUT2D eigenvalue weighted by molar-refractivity contribution is 6.30. The number of pyridine rings is 1. The summed E-state index contributed by atoms with van der Waals surface area (Å²) in [7, 11) is 0.667. The SMILES string of the molecule is Cn1c(C(F)(F)F)cc(=O)n(-c2nc(Cl)c(OC(F)(F)CF)cc2F)c1=O. The summed E-state index contributed by atoms with van der Waals surface area (Å²) in [6.07, 6.45) is -9.41. The first-order valence-corrected chi connectivity index (χ1v) is 7.06. The normalized spacial score (nSPS) is 12.3. The fraction of sp³-hybridized carbons (Fsp3) is 0.308. The van der Waals surface area contributed by atoms with Crippen LogP contribution in [0.25, 0.3) is 5.82 Å². The van der Waals surface area contributed by atoms with Gasteiger partial charge in [0.25, 0.3) is 5.56 Å². The Kier molecular flexibility index (Phi) is 5.27. The van der Waals surface area contributed by atoms with Crippen molar-refractivity contribution in [3.63, 3.8) is 0 Å². The highest BCUT2D eigenvalue weighted by atomic mass is 35.5. The third kappa shape index (κ3) is 4.07. The predicted molar refractivity (Wildman–Crippen MR) is 76.6 cm³/mol. The lowest BCUT2D eigenvalue weighted by molar-refractivity contribution is -0.186. The maximum absolute atomic E-state index is 14.2. The van der Waals surface area contributed by atoms with E-state index in [1.165, 1.54) is 0 Å². The van der Waals surface area contributed by atoms with Crippen molar-refractivity contribution in [3.8, 4) is 11.6 Å². The summed E-state index contributed by atoms with van der Waals surface area (Å²) in [5.74, 6) is -3.88. The monoisotopic (exact) mass is 421 g/mol. The summed E-state index contributed by atoms with van der Waals surface area (Å²) in [4.78, 5) is 27.1. The van der Waals surface area contributed by atoms with Gasteiger partial charge in [-0.3, -0.25) is 9.36 Å². The molecule has 0 spiro atoms. The van der Waals surface area contributed by atoms with Crippen molar-refractivity contribution in [2.75, 3.05) is 6.67 Å². The Morgan fingerprint density at radius 2 is 1.78 bits per heavy atom. The van der Waals surface area contributed by atoms with Gasteiger partial charge in [-0.2, -0.15) is 22.0 Å². The van der Waals surface area contributed by atoms with Crippen LogP contribution in [0.4, 0.5) is 30.7 Å². The lowest BCUT2D eigenvalue weighted by Gasteiger charge is -2.17. The molecule has 0 bridgehead atoms. The van der Waals surface area contributed by atoms with E-state index in [4.69, 9.17) is 11.6 Å². The third-order valence-electron chi connectivity index (χ3n) is 3.12. The van der Waals surface area contributed by atoms with E-state index >= 15 is 0 Å². The van der Waals surface area contributed by atoms with Crippen LogP contribution >= 0.6 is 11.6 Å². The highest BCUT2D eigenvalue weighted by Gasteiger charge is 2.36. The van der Waals surface area contributed by atoms with Gasteiger partial charge in [0.15, 0.2) is 29.2 Å². The zero-order valence-electron chi connectivity index (χ0n) is 13.0. The minimum absolute atomic E-state index is 0.0120. The van der Waals surface area contributed by atoms with Crippen molar-refractivity contribution in [2.45, 2.75) is 12.3 Å². The first kappa shape index (κ1) is 20.7. The second-order valence-corrected chi connectivity index (χ2v) is 5.36. The van der Waals surface area contributed by atoms with E-state index in [0.717, 1.165) is 0 Å². The average Bonchev–Trinajstić information content (AvgIpc) is 2.54. The van der Waals surface area contributed by atoms with E-state index in [-0.39, 0.29) is 21.3 Å². The van der Waals surface area contributed by atoms with Gasteiger partial charge >= 0.3 is 18.0 Å². The summed E-state index contributed by atoms with van der Waals surface area (Å²) in [5, 5.41) is -0.992. The second kappa shape index (κ2) is 6.87. The Morgan fingerprint density at radius 3 is 2.30 bits per heavy atom. The van der Waals surface area contributed by atoms with Gasteiger partial charge in [0, 0.05) is 19.2 Å².